The number of benzene rings is 2. The summed E-state index contributed by atoms with van der Waals surface area (Å²) in [4.78, 5) is 17.4. The number of nitrogens with zero attached hydrogens (tertiary/aromatic N) is 2. The molecule has 2 N–H and O–H groups in total. The maximum Gasteiger partial charge on any atom is 0.253 e. The molecule has 2 aliphatic heterocycles. The molecule has 2 bridgehead atoms. The van der Waals surface area contributed by atoms with Crippen molar-refractivity contribution < 1.29 is 4.79 Å². The van der Waals surface area contributed by atoms with Crippen molar-refractivity contribution in [3.05, 3.63) is 65.7 Å². The van der Waals surface area contributed by atoms with Crippen LogP contribution in [0.25, 0.3) is 0 Å². The largest absolute Gasteiger partial charge is 0.399 e. The van der Waals surface area contributed by atoms with Gasteiger partial charge in [0.25, 0.3) is 5.91 Å². The second kappa shape index (κ2) is 6.89. The normalized spacial score (nSPS) is 23.4. The zero-order chi connectivity index (χ0) is 17.2. The minimum atomic E-state index is 0.145. The zero-order valence-electron chi connectivity index (χ0n) is 14.5. The standard InChI is InChI=1S/C21H25N3O/c22-20-8-6-19(7-9-20)21(25)24-14-17-10-18(15-24)13-23(12-17)11-16-4-2-1-3-5-16/h1-9,17-18H,10-15,22H2/t17-,18-/m0/s1. The Bertz CT molecular complexity index is 715. The molecule has 2 fully saturated rings. The molecule has 130 valence electrons. The van der Waals surface area contributed by atoms with Gasteiger partial charge in [0.05, 0.1) is 0 Å². The fourth-order valence-corrected chi connectivity index (χ4v) is 4.33. The van der Waals surface area contributed by atoms with E-state index in [9.17, 15) is 4.79 Å². The van der Waals surface area contributed by atoms with Crippen LogP contribution in [0.15, 0.2) is 54.6 Å². The summed E-state index contributed by atoms with van der Waals surface area (Å²) in [5.41, 5.74) is 8.54. The van der Waals surface area contributed by atoms with E-state index in [1.54, 1.807) is 12.1 Å². The SMILES string of the molecule is Nc1ccc(C(=O)N2C[C@H]3C[C@@H](CN(Cc4ccccc4)C3)C2)cc1. The molecule has 1 amide bonds. The molecule has 0 aromatic heterocycles. The third-order valence-corrected chi connectivity index (χ3v) is 5.35. The Morgan fingerprint density at radius 3 is 2.20 bits per heavy atom. The summed E-state index contributed by atoms with van der Waals surface area (Å²) in [6.07, 6.45) is 1.25. The first-order valence-corrected chi connectivity index (χ1v) is 9.08. The summed E-state index contributed by atoms with van der Waals surface area (Å²) in [6.45, 7) is 4.91. The van der Waals surface area contributed by atoms with Gasteiger partial charge in [0.15, 0.2) is 0 Å². The molecular formula is C21H25N3O. The van der Waals surface area contributed by atoms with Crippen molar-refractivity contribution in [2.24, 2.45) is 11.8 Å². The van der Waals surface area contributed by atoms with Gasteiger partial charge in [-0.15, -0.1) is 0 Å². The highest BCUT2D eigenvalue weighted by Crippen LogP contribution is 2.30. The quantitative estimate of drug-likeness (QED) is 0.878. The fraction of sp³-hybridized carbons (Fsp3) is 0.381. The smallest absolute Gasteiger partial charge is 0.253 e. The van der Waals surface area contributed by atoms with Crippen LogP contribution in [0, 0.1) is 11.8 Å². The van der Waals surface area contributed by atoms with E-state index < -0.39 is 0 Å². The summed E-state index contributed by atoms with van der Waals surface area (Å²) in [7, 11) is 0. The van der Waals surface area contributed by atoms with E-state index in [0.717, 1.165) is 38.3 Å². The number of anilines is 1. The Balaban J connectivity index is 1.40. The average molecular weight is 335 g/mol. The number of rotatable bonds is 3. The Kier molecular flexibility index (Phi) is 4.45. The first-order valence-electron chi connectivity index (χ1n) is 9.08. The molecule has 25 heavy (non-hydrogen) atoms. The lowest BCUT2D eigenvalue weighted by Gasteiger charge is -2.46. The summed E-state index contributed by atoms with van der Waals surface area (Å²) in [6, 6.07) is 17.9. The third-order valence-electron chi connectivity index (χ3n) is 5.35. The van der Waals surface area contributed by atoms with Crippen LogP contribution in [0.1, 0.15) is 22.3 Å². The fourth-order valence-electron chi connectivity index (χ4n) is 4.33. The van der Waals surface area contributed by atoms with E-state index in [0.29, 0.717) is 17.5 Å². The molecule has 4 nitrogen and oxygen atoms in total. The van der Waals surface area contributed by atoms with Crippen LogP contribution in [-0.4, -0.2) is 41.9 Å². The summed E-state index contributed by atoms with van der Waals surface area (Å²) in [5.74, 6) is 1.30. The third kappa shape index (κ3) is 3.69. The minimum Gasteiger partial charge on any atom is -0.399 e. The van der Waals surface area contributed by atoms with Gasteiger partial charge in [0, 0.05) is 44.0 Å². The Morgan fingerprint density at radius 2 is 1.56 bits per heavy atom. The van der Waals surface area contributed by atoms with Crippen molar-refractivity contribution in [2.75, 3.05) is 31.9 Å². The van der Waals surface area contributed by atoms with Crippen molar-refractivity contribution in [2.45, 2.75) is 13.0 Å². The van der Waals surface area contributed by atoms with Gasteiger partial charge in [0.2, 0.25) is 0 Å². The van der Waals surface area contributed by atoms with Crippen molar-refractivity contribution in [3.8, 4) is 0 Å². The lowest BCUT2D eigenvalue weighted by molar-refractivity contribution is 0.0238. The monoisotopic (exact) mass is 335 g/mol. The van der Waals surface area contributed by atoms with Gasteiger partial charge in [-0.2, -0.15) is 0 Å². The maximum absolute atomic E-state index is 12.8. The molecule has 0 spiro atoms. The van der Waals surface area contributed by atoms with Gasteiger partial charge in [-0.25, -0.2) is 0 Å². The molecule has 0 saturated carbocycles. The highest BCUT2D eigenvalue weighted by atomic mass is 16.2. The number of amides is 1. The number of fused-ring (bicyclic) bond motifs is 2. The van der Waals surface area contributed by atoms with Gasteiger partial charge in [-0.3, -0.25) is 9.69 Å². The van der Waals surface area contributed by atoms with Crippen LogP contribution < -0.4 is 5.73 Å². The lowest BCUT2D eigenvalue weighted by Crippen LogP contribution is -2.53. The first-order chi connectivity index (χ1) is 12.2. The van der Waals surface area contributed by atoms with Crippen LogP contribution in [0.2, 0.25) is 0 Å². The Labute approximate surface area is 149 Å². The molecule has 2 aromatic rings. The highest BCUT2D eigenvalue weighted by molar-refractivity contribution is 5.94. The van der Waals surface area contributed by atoms with E-state index in [4.69, 9.17) is 5.73 Å². The van der Waals surface area contributed by atoms with Crippen molar-refractivity contribution in [1.82, 2.24) is 9.80 Å². The maximum atomic E-state index is 12.8. The minimum absolute atomic E-state index is 0.145. The van der Waals surface area contributed by atoms with Crippen LogP contribution in [0.4, 0.5) is 5.69 Å². The number of hydrogen-bond donors (Lipinski definition) is 1. The molecule has 0 radical (unpaired) electrons. The van der Waals surface area contributed by atoms with Gasteiger partial charge in [0.1, 0.15) is 0 Å². The van der Waals surface area contributed by atoms with Crippen molar-refractivity contribution in [1.29, 1.82) is 0 Å². The van der Waals surface area contributed by atoms with Gasteiger partial charge in [-0.05, 0) is 48.1 Å². The van der Waals surface area contributed by atoms with Gasteiger partial charge in [-0.1, -0.05) is 30.3 Å². The predicted molar refractivity (Wildman–Crippen MR) is 100 cm³/mol. The Hall–Kier alpha value is -2.33. The van der Waals surface area contributed by atoms with Crippen LogP contribution in [0.5, 0.6) is 0 Å². The number of hydrogen-bond acceptors (Lipinski definition) is 3. The molecule has 2 aliphatic rings. The van der Waals surface area contributed by atoms with Crippen molar-refractivity contribution in [3.63, 3.8) is 0 Å². The van der Waals surface area contributed by atoms with Crippen LogP contribution >= 0.6 is 0 Å². The summed E-state index contributed by atoms with van der Waals surface area (Å²) >= 11 is 0. The topological polar surface area (TPSA) is 49.6 Å². The molecular weight excluding hydrogens is 310 g/mol. The predicted octanol–water partition coefficient (Wildman–Crippen LogP) is 2.86. The second-order valence-electron chi connectivity index (χ2n) is 7.48. The number of likely N-dealkylation sites (tertiary alicyclic amines) is 2. The van der Waals surface area contributed by atoms with E-state index in [1.807, 2.05) is 17.0 Å². The number of carbonyl (C=O) groups excluding carboxylic acids is 1. The van der Waals surface area contributed by atoms with E-state index >= 15 is 0 Å². The summed E-state index contributed by atoms with van der Waals surface area (Å²) in [5, 5.41) is 0. The van der Waals surface area contributed by atoms with Gasteiger partial charge < -0.3 is 10.6 Å². The number of nitrogen functional groups attached to an aromatic ring is 1. The molecule has 0 unspecified atom stereocenters. The summed E-state index contributed by atoms with van der Waals surface area (Å²) < 4.78 is 0. The number of piperidine rings is 2. The molecule has 2 saturated heterocycles. The molecule has 2 atom stereocenters. The molecule has 4 heteroatoms. The van der Waals surface area contributed by atoms with Crippen LogP contribution in [0.3, 0.4) is 0 Å². The highest BCUT2D eigenvalue weighted by Gasteiger charge is 2.36. The number of carbonyl (C=O) groups is 1. The van der Waals surface area contributed by atoms with E-state index in [1.165, 1.54) is 12.0 Å². The average Bonchev–Trinajstić information content (AvgIpc) is 2.62. The number of nitrogens with two attached hydrogens (primary N) is 1. The molecule has 4 rings (SSSR count). The Morgan fingerprint density at radius 1 is 0.920 bits per heavy atom. The van der Waals surface area contributed by atoms with Crippen molar-refractivity contribution >= 4 is 11.6 Å². The van der Waals surface area contributed by atoms with E-state index in [2.05, 4.69) is 35.2 Å². The lowest BCUT2D eigenvalue weighted by atomic mass is 9.84. The molecule has 2 heterocycles. The van der Waals surface area contributed by atoms with E-state index in [-0.39, 0.29) is 5.91 Å². The zero-order valence-corrected chi connectivity index (χ0v) is 14.5. The van der Waals surface area contributed by atoms with Gasteiger partial charge >= 0.3 is 0 Å². The first kappa shape index (κ1) is 16.2. The molecule has 0 aliphatic carbocycles. The van der Waals surface area contributed by atoms with Crippen LogP contribution in [-0.2, 0) is 6.54 Å². The molecule has 2 aromatic carbocycles. The second-order valence-corrected chi connectivity index (χ2v) is 7.48.